The normalized spacial score (nSPS) is 12.4. The Hall–Kier alpha value is -2.16. The second kappa shape index (κ2) is 10.7. The zero-order valence-electron chi connectivity index (χ0n) is 14.3. The molecular formula is C17H25NO7. The molecule has 0 aliphatic rings. The standard InChI is InChI=1S/C17H25NO7/c1-11(2)18-9-13(19)10-25-14-5-3-12(4-6-14)7-8-24-15(16(20)21)17(22)23/h3-6,11,13,15,18-19H,7-10H2,1-2H3,(H,20,21)(H,22,23). The molecule has 8 heteroatoms. The number of carboxylic acid groups (broad SMARTS) is 2. The molecule has 0 amide bonds. The lowest BCUT2D eigenvalue weighted by Gasteiger charge is -2.15. The molecule has 8 nitrogen and oxygen atoms in total. The van der Waals surface area contributed by atoms with E-state index in [1.165, 1.54) is 0 Å². The smallest absolute Gasteiger partial charge is 0.344 e. The van der Waals surface area contributed by atoms with Crippen molar-refractivity contribution in [1.29, 1.82) is 0 Å². The lowest BCUT2D eigenvalue weighted by Crippen LogP contribution is -2.35. The average molecular weight is 355 g/mol. The van der Waals surface area contributed by atoms with Crippen molar-refractivity contribution in [2.75, 3.05) is 19.8 Å². The van der Waals surface area contributed by atoms with Crippen molar-refractivity contribution >= 4 is 11.9 Å². The number of aliphatic carboxylic acids is 2. The lowest BCUT2D eigenvalue weighted by atomic mass is 10.1. The van der Waals surface area contributed by atoms with Crippen LogP contribution in [0.1, 0.15) is 19.4 Å². The van der Waals surface area contributed by atoms with Crippen molar-refractivity contribution < 1.29 is 34.4 Å². The average Bonchev–Trinajstić information content (AvgIpc) is 2.55. The molecule has 0 spiro atoms. The molecule has 1 aromatic carbocycles. The maximum absolute atomic E-state index is 10.7. The minimum Gasteiger partial charge on any atom is -0.491 e. The molecule has 140 valence electrons. The van der Waals surface area contributed by atoms with Gasteiger partial charge in [0.15, 0.2) is 0 Å². The van der Waals surface area contributed by atoms with E-state index in [0.717, 1.165) is 5.56 Å². The van der Waals surface area contributed by atoms with Gasteiger partial charge >= 0.3 is 11.9 Å². The van der Waals surface area contributed by atoms with Crippen molar-refractivity contribution in [2.24, 2.45) is 0 Å². The summed E-state index contributed by atoms with van der Waals surface area (Å²) in [5.74, 6) is -2.45. The molecule has 0 fully saturated rings. The fourth-order valence-electron chi connectivity index (χ4n) is 1.92. The Balaban J connectivity index is 2.36. The topological polar surface area (TPSA) is 125 Å². The third kappa shape index (κ3) is 8.48. The van der Waals surface area contributed by atoms with Gasteiger partial charge in [0.2, 0.25) is 0 Å². The van der Waals surface area contributed by atoms with Crippen LogP contribution in [0, 0.1) is 0 Å². The van der Waals surface area contributed by atoms with E-state index in [1.807, 2.05) is 13.8 Å². The number of aliphatic hydroxyl groups excluding tert-OH is 1. The van der Waals surface area contributed by atoms with Crippen molar-refractivity contribution in [1.82, 2.24) is 5.32 Å². The maximum Gasteiger partial charge on any atom is 0.344 e. The molecule has 1 unspecified atom stereocenters. The predicted molar refractivity (Wildman–Crippen MR) is 89.8 cm³/mol. The van der Waals surface area contributed by atoms with Gasteiger partial charge in [0.1, 0.15) is 18.5 Å². The summed E-state index contributed by atoms with van der Waals surface area (Å²) in [5, 5.41) is 30.3. The van der Waals surface area contributed by atoms with Crippen molar-refractivity contribution in [3.8, 4) is 5.75 Å². The predicted octanol–water partition coefficient (Wildman–Crippen LogP) is 0.521. The Bertz CT molecular complexity index is 530. The van der Waals surface area contributed by atoms with Crippen LogP contribution in [-0.4, -0.2) is 65.3 Å². The summed E-state index contributed by atoms with van der Waals surface area (Å²) in [6, 6.07) is 7.29. The second-order valence-electron chi connectivity index (χ2n) is 5.85. The minimum atomic E-state index is -1.86. The van der Waals surface area contributed by atoms with E-state index < -0.39 is 24.1 Å². The Morgan fingerprint density at radius 3 is 2.24 bits per heavy atom. The highest BCUT2D eigenvalue weighted by Crippen LogP contribution is 2.13. The first-order chi connectivity index (χ1) is 11.8. The van der Waals surface area contributed by atoms with E-state index in [2.05, 4.69) is 5.32 Å². The third-order valence-electron chi connectivity index (χ3n) is 3.25. The Labute approximate surface area is 146 Å². The molecular weight excluding hydrogens is 330 g/mol. The quantitative estimate of drug-likeness (QED) is 0.400. The van der Waals surface area contributed by atoms with Crippen molar-refractivity contribution in [3.05, 3.63) is 29.8 Å². The third-order valence-corrected chi connectivity index (χ3v) is 3.25. The van der Waals surface area contributed by atoms with Gasteiger partial charge in [0, 0.05) is 12.6 Å². The zero-order valence-corrected chi connectivity index (χ0v) is 14.3. The highest BCUT2D eigenvalue weighted by molar-refractivity contribution is 5.95. The molecule has 0 heterocycles. The fourth-order valence-corrected chi connectivity index (χ4v) is 1.92. The highest BCUT2D eigenvalue weighted by atomic mass is 16.5. The molecule has 1 rings (SSSR count). The number of hydrogen-bond donors (Lipinski definition) is 4. The Morgan fingerprint density at radius 2 is 1.72 bits per heavy atom. The van der Waals surface area contributed by atoms with Crippen LogP contribution in [0.2, 0.25) is 0 Å². The molecule has 4 N–H and O–H groups in total. The van der Waals surface area contributed by atoms with E-state index in [-0.39, 0.29) is 19.3 Å². The van der Waals surface area contributed by atoms with Gasteiger partial charge in [-0.15, -0.1) is 0 Å². The van der Waals surface area contributed by atoms with Crippen LogP contribution in [0.4, 0.5) is 0 Å². The van der Waals surface area contributed by atoms with Crippen LogP contribution in [0.3, 0.4) is 0 Å². The van der Waals surface area contributed by atoms with Gasteiger partial charge in [-0.3, -0.25) is 0 Å². The number of carbonyl (C=O) groups is 2. The van der Waals surface area contributed by atoms with Gasteiger partial charge in [-0.25, -0.2) is 9.59 Å². The molecule has 0 bridgehead atoms. The zero-order chi connectivity index (χ0) is 18.8. The largest absolute Gasteiger partial charge is 0.491 e. The van der Waals surface area contributed by atoms with E-state index in [9.17, 15) is 14.7 Å². The molecule has 1 aromatic rings. The molecule has 0 aliphatic carbocycles. The van der Waals surface area contributed by atoms with E-state index in [4.69, 9.17) is 19.7 Å². The van der Waals surface area contributed by atoms with Gasteiger partial charge in [-0.05, 0) is 24.1 Å². The van der Waals surface area contributed by atoms with Crippen molar-refractivity contribution in [2.45, 2.75) is 38.5 Å². The number of aliphatic hydroxyl groups is 1. The number of benzene rings is 1. The van der Waals surface area contributed by atoms with Crippen LogP contribution in [0.25, 0.3) is 0 Å². The minimum absolute atomic E-state index is 0.0247. The number of ether oxygens (including phenoxy) is 2. The molecule has 1 atom stereocenters. The number of nitrogens with one attached hydrogen (secondary N) is 1. The Morgan fingerprint density at radius 1 is 1.12 bits per heavy atom. The lowest BCUT2D eigenvalue weighted by molar-refractivity contribution is -0.165. The summed E-state index contributed by atoms with van der Waals surface area (Å²) in [6.45, 7) is 4.57. The second-order valence-corrected chi connectivity index (χ2v) is 5.85. The molecule has 0 saturated carbocycles. The summed E-state index contributed by atoms with van der Waals surface area (Å²) in [4.78, 5) is 21.4. The van der Waals surface area contributed by atoms with Crippen LogP contribution < -0.4 is 10.1 Å². The highest BCUT2D eigenvalue weighted by Gasteiger charge is 2.26. The number of rotatable bonds is 12. The van der Waals surface area contributed by atoms with Gasteiger partial charge in [-0.2, -0.15) is 0 Å². The van der Waals surface area contributed by atoms with Gasteiger partial charge in [-0.1, -0.05) is 26.0 Å². The maximum atomic E-state index is 10.7. The summed E-state index contributed by atoms with van der Waals surface area (Å²) in [6.07, 6.45) is -2.10. The van der Waals surface area contributed by atoms with E-state index in [1.54, 1.807) is 24.3 Å². The SMILES string of the molecule is CC(C)NCC(O)COc1ccc(CCOC(C(=O)O)C(=O)O)cc1. The van der Waals surface area contributed by atoms with Crippen LogP contribution in [0.15, 0.2) is 24.3 Å². The van der Waals surface area contributed by atoms with Crippen molar-refractivity contribution in [3.63, 3.8) is 0 Å². The monoisotopic (exact) mass is 355 g/mol. The first kappa shape index (κ1) is 20.9. The molecule has 0 aliphatic heterocycles. The van der Waals surface area contributed by atoms with E-state index in [0.29, 0.717) is 18.7 Å². The number of hydrogen-bond acceptors (Lipinski definition) is 6. The summed E-state index contributed by atoms with van der Waals surface area (Å²) in [7, 11) is 0. The van der Waals surface area contributed by atoms with Crippen LogP contribution in [-0.2, 0) is 20.7 Å². The van der Waals surface area contributed by atoms with Gasteiger partial charge < -0.3 is 30.1 Å². The Kier molecular flexibility index (Phi) is 8.90. The first-order valence-electron chi connectivity index (χ1n) is 8.00. The first-order valence-corrected chi connectivity index (χ1v) is 8.00. The van der Waals surface area contributed by atoms with Gasteiger partial charge in [0.25, 0.3) is 6.10 Å². The van der Waals surface area contributed by atoms with Gasteiger partial charge in [0.05, 0.1) is 6.61 Å². The van der Waals surface area contributed by atoms with Crippen LogP contribution >= 0.6 is 0 Å². The summed E-state index contributed by atoms with van der Waals surface area (Å²) < 4.78 is 10.3. The molecule has 0 radical (unpaired) electrons. The fraction of sp³-hybridized carbons (Fsp3) is 0.529. The summed E-state index contributed by atoms with van der Waals surface area (Å²) >= 11 is 0. The molecule has 0 aromatic heterocycles. The van der Waals surface area contributed by atoms with E-state index >= 15 is 0 Å². The molecule has 25 heavy (non-hydrogen) atoms. The van der Waals surface area contributed by atoms with Crippen LogP contribution in [0.5, 0.6) is 5.75 Å². The molecule has 0 saturated heterocycles. The summed E-state index contributed by atoms with van der Waals surface area (Å²) in [5.41, 5.74) is 0.851. The number of carboxylic acids is 2.